The molecule has 0 saturated carbocycles. The number of hydrogen-bond donors (Lipinski definition) is 3. The molecule has 8 heteroatoms. The van der Waals surface area contributed by atoms with Crippen LogP contribution in [0.1, 0.15) is 13.3 Å². The van der Waals surface area contributed by atoms with E-state index in [9.17, 15) is 9.59 Å². The summed E-state index contributed by atoms with van der Waals surface area (Å²) in [5.41, 5.74) is 0.543. The van der Waals surface area contributed by atoms with E-state index in [1.165, 1.54) is 6.20 Å². The van der Waals surface area contributed by atoms with Crippen molar-refractivity contribution in [3.8, 4) is 0 Å². The predicted molar refractivity (Wildman–Crippen MR) is 72.5 cm³/mol. The minimum Gasteiger partial charge on any atom is -0.481 e. The van der Waals surface area contributed by atoms with Crippen LogP contribution in [-0.2, 0) is 16.1 Å². The van der Waals surface area contributed by atoms with Gasteiger partial charge in [0.25, 0.3) is 0 Å². The Kier molecular flexibility index (Phi) is 6.51. The van der Waals surface area contributed by atoms with Crippen molar-refractivity contribution in [2.75, 3.05) is 25.6 Å². The van der Waals surface area contributed by atoms with Gasteiger partial charge in [-0.15, -0.1) is 0 Å². The first-order valence-corrected chi connectivity index (χ1v) is 6.35. The van der Waals surface area contributed by atoms with Crippen LogP contribution in [0.2, 0.25) is 0 Å². The zero-order chi connectivity index (χ0) is 15.0. The standard InChI is InChI=1S/C12H20N4O4/c1-3-9(11(17)18)6-13-12(19)15-10-7-14-16(8-10)4-5-20-2/h7-9H,3-6H2,1-2H3,(H,17,18)(H2,13,15,19). The highest BCUT2D eigenvalue weighted by atomic mass is 16.5. The number of nitrogens with one attached hydrogen (secondary N) is 2. The SMILES string of the molecule is CCC(CNC(=O)Nc1cnn(CCOC)c1)C(=O)O. The van der Waals surface area contributed by atoms with Gasteiger partial charge in [0.15, 0.2) is 0 Å². The lowest BCUT2D eigenvalue weighted by atomic mass is 10.1. The highest BCUT2D eigenvalue weighted by Gasteiger charge is 2.15. The van der Waals surface area contributed by atoms with Gasteiger partial charge in [-0.2, -0.15) is 5.10 Å². The van der Waals surface area contributed by atoms with Gasteiger partial charge in [0.1, 0.15) is 0 Å². The molecule has 2 amide bonds. The molecular weight excluding hydrogens is 264 g/mol. The van der Waals surface area contributed by atoms with Crippen LogP contribution in [0.5, 0.6) is 0 Å². The van der Waals surface area contributed by atoms with Crippen molar-refractivity contribution >= 4 is 17.7 Å². The monoisotopic (exact) mass is 284 g/mol. The van der Waals surface area contributed by atoms with E-state index in [0.717, 1.165) is 0 Å². The Balaban J connectivity index is 2.38. The molecule has 8 nitrogen and oxygen atoms in total. The molecular formula is C12H20N4O4. The second-order valence-corrected chi connectivity index (χ2v) is 4.26. The normalized spacial score (nSPS) is 11.9. The van der Waals surface area contributed by atoms with Crippen LogP contribution < -0.4 is 10.6 Å². The second-order valence-electron chi connectivity index (χ2n) is 4.26. The van der Waals surface area contributed by atoms with Gasteiger partial charge >= 0.3 is 12.0 Å². The zero-order valence-electron chi connectivity index (χ0n) is 11.6. The molecule has 1 heterocycles. The number of hydrogen-bond acceptors (Lipinski definition) is 4. The number of methoxy groups -OCH3 is 1. The average molecular weight is 284 g/mol. The number of rotatable bonds is 8. The van der Waals surface area contributed by atoms with Crippen molar-refractivity contribution in [3.05, 3.63) is 12.4 Å². The first-order chi connectivity index (χ1) is 9.56. The zero-order valence-corrected chi connectivity index (χ0v) is 11.6. The largest absolute Gasteiger partial charge is 0.481 e. The molecule has 0 spiro atoms. The highest BCUT2D eigenvalue weighted by Crippen LogP contribution is 2.05. The molecule has 1 aromatic rings. The Morgan fingerprint density at radius 3 is 2.90 bits per heavy atom. The predicted octanol–water partition coefficient (Wildman–Crippen LogP) is 0.762. The number of carbonyl (C=O) groups is 2. The van der Waals surface area contributed by atoms with Gasteiger partial charge in [-0.05, 0) is 6.42 Å². The minimum atomic E-state index is -0.916. The number of anilines is 1. The first kappa shape index (κ1) is 16.0. The highest BCUT2D eigenvalue weighted by molar-refractivity contribution is 5.89. The molecule has 0 bridgehead atoms. The second kappa shape index (κ2) is 8.16. The van der Waals surface area contributed by atoms with E-state index < -0.39 is 17.9 Å². The fourth-order valence-electron chi connectivity index (χ4n) is 1.53. The van der Waals surface area contributed by atoms with Crippen molar-refractivity contribution < 1.29 is 19.4 Å². The van der Waals surface area contributed by atoms with Gasteiger partial charge in [0, 0.05) is 19.9 Å². The summed E-state index contributed by atoms with van der Waals surface area (Å²) < 4.78 is 6.56. The summed E-state index contributed by atoms with van der Waals surface area (Å²) in [6, 6.07) is -0.448. The topological polar surface area (TPSA) is 105 Å². The average Bonchev–Trinajstić information content (AvgIpc) is 2.84. The number of ether oxygens (including phenoxy) is 1. The van der Waals surface area contributed by atoms with E-state index in [-0.39, 0.29) is 6.54 Å². The number of amides is 2. The summed E-state index contributed by atoms with van der Waals surface area (Å²) in [6.45, 7) is 2.98. The van der Waals surface area contributed by atoms with Gasteiger partial charge in [-0.1, -0.05) is 6.92 Å². The molecule has 0 fully saturated rings. The van der Waals surface area contributed by atoms with Gasteiger partial charge in [-0.25, -0.2) is 4.79 Å². The maximum absolute atomic E-state index is 11.6. The maximum Gasteiger partial charge on any atom is 0.319 e. The van der Waals surface area contributed by atoms with E-state index in [1.54, 1.807) is 24.9 Å². The Labute approximate surface area is 117 Å². The van der Waals surface area contributed by atoms with E-state index in [2.05, 4.69) is 15.7 Å². The molecule has 0 radical (unpaired) electrons. The Morgan fingerprint density at radius 1 is 1.55 bits per heavy atom. The van der Waals surface area contributed by atoms with Gasteiger partial charge in [0.2, 0.25) is 0 Å². The number of aliphatic carboxylic acids is 1. The summed E-state index contributed by atoms with van der Waals surface area (Å²) >= 11 is 0. The van der Waals surface area contributed by atoms with Crippen LogP contribution in [0.25, 0.3) is 0 Å². The smallest absolute Gasteiger partial charge is 0.319 e. The summed E-state index contributed by atoms with van der Waals surface area (Å²) in [5.74, 6) is -1.50. The third-order valence-electron chi connectivity index (χ3n) is 2.77. The molecule has 0 aliphatic heterocycles. The first-order valence-electron chi connectivity index (χ1n) is 6.35. The quantitative estimate of drug-likeness (QED) is 0.653. The van der Waals surface area contributed by atoms with E-state index in [0.29, 0.717) is 25.3 Å². The Hall–Kier alpha value is -2.09. The lowest BCUT2D eigenvalue weighted by Gasteiger charge is -2.11. The summed E-state index contributed by atoms with van der Waals surface area (Å²) in [6.07, 6.45) is 3.65. The third kappa shape index (κ3) is 5.27. The Bertz CT molecular complexity index is 446. The van der Waals surface area contributed by atoms with Gasteiger partial charge in [-0.3, -0.25) is 9.48 Å². The van der Waals surface area contributed by atoms with Gasteiger partial charge in [0.05, 0.1) is 31.0 Å². The number of carboxylic acids is 1. The lowest BCUT2D eigenvalue weighted by molar-refractivity contribution is -0.141. The van der Waals surface area contributed by atoms with Crippen LogP contribution in [-0.4, -0.2) is 47.1 Å². The van der Waals surface area contributed by atoms with Crippen molar-refractivity contribution in [1.82, 2.24) is 15.1 Å². The van der Waals surface area contributed by atoms with Crippen molar-refractivity contribution in [3.63, 3.8) is 0 Å². The van der Waals surface area contributed by atoms with Crippen molar-refractivity contribution in [2.24, 2.45) is 5.92 Å². The number of carboxylic acid groups (broad SMARTS) is 1. The summed E-state index contributed by atoms with van der Waals surface area (Å²) in [4.78, 5) is 22.4. The maximum atomic E-state index is 11.6. The number of aromatic nitrogens is 2. The van der Waals surface area contributed by atoms with Crippen molar-refractivity contribution in [1.29, 1.82) is 0 Å². The lowest BCUT2D eigenvalue weighted by Crippen LogP contribution is -2.35. The Morgan fingerprint density at radius 2 is 2.30 bits per heavy atom. The van der Waals surface area contributed by atoms with Crippen LogP contribution in [0.15, 0.2) is 12.4 Å². The van der Waals surface area contributed by atoms with E-state index in [1.807, 2.05) is 0 Å². The molecule has 112 valence electrons. The summed E-state index contributed by atoms with van der Waals surface area (Å²) in [7, 11) is 1.60. The molecule has 1 atom stereocenters. The molecule has 0 aliphatic carbocycles. The fraction of sp³-hybridized carbons (Fsp3) is 0.583. The van der Waals surface area contributed by atoms with Crippen LogP contribution in [0, 0.1) is 5.92 Å². The molecule has 0 aliphatic rings. The third-order valence-corrected chi connectivity index (χ3v) is 2.77. The molecule has 3 N–H and O–H groups in total. The molecule has 1 rings (SSSR count). The molecule has 1 aromatic heterocycles. The number of nitrogens with zero attached hydrogens (tertiary/aromatic N) is 2. The minimum absolute atomic E-state index is 0.0927. The summed E-state index contributed by atoms with van der Waals surface area (Å²) in [5, 5.41) is 18.0. The van der Waals surface area contributed by atoms with Crippen LogP contribution >= 0.6 is 0 Å². The van der Waals surface area contributed by atoms with Crippen molar-refractivity contribution in [2.45, 2.75) is 19.9 Å². The van der Waals surface area contributed by atoms with Crippen LogP contribution in [0.3, 0.4) is 0 Å². The molecule has 20 heavy (non-hydrogen) atoms. The molecule has 1 unspecified atom stereocenters. The molecule has 0 aromatic carbocycles. The van der Waals surface area contributed by atoms with Gasteiger partial charge < -0.3 is 20.5 Å². The fourth-order valence-corrected chi connectivity index (χ4v) is 1.53. The number of urea groups is 1. The van der Waals surface area contributed by atoms with E-state index in [4.69, 9.17) is 9.84 Å². The molecule has 0 saturated heterocycles. The van der Waals surface area contributed by atoms with Crippen LogP contribution in [0.4, 0.5) is 10.5 Å². The number of carbonyl (C=O) groups excluding carboxylic acids is 1. The van der Waals surface area contributed by atoms with E-state index >= 15 is 0 Å².